The maximum Gasteiger partial charge on any atom is 0.573 e. The highest BCUT2D eigenvalue weighted by Crippen LogP contribution is 2.51. The SMILES string of the molecule is COCC(C)(C)NC(=O)[C@H]1C[C@H]1c1ccccc1OC(F)(F)F. The smallest absolute Gasteiger partial charge is 0.405 e. The van der Waals surface area contributed by atoms with Gasteiger partial charge in [0.25, 0.3) is 0 Å². The molecule has 0 bridgehead atoms. The third-order valence-corrected chi connectivity index (χ3v) is 3.64. The van der Waals surface area contributed by atoms with E-state index in [2.05, 4.69) is 10.1 Å². The summed E-state index contributed by atoms with van der Waals surface area (Å²) in [4.78, 5) is 12.2. The van der Waals surface area contributed by atoms with Crippen LogP contribution < -0.4 is 10.1 Å². The summed E-state index contributed by atoms with van der Waals surface area (Å²) < 4.78 is 46.4. The number of para-hydroxylation sites is 1. The van der Waals surface area contributed by atoms with Crippen molar-refractivity contribution in [3.05, 3.63) is 29.8 Å². The third kappa shape index (κ3) is 4.86. The Labute approximate surface area is 133 Å². The minimum absolute atomic E-state index is 0.182. The lowest BCUT2D eigenvalue weighted by atomic mass is 10.0. The van der Waals surface area contributed by atoms with Gasteiger partial charge in [-0.15, -0.1) is 13.2 Å². The van der Waals surface area contributed by atoms with E-state index in [0.717, 1.165) is 0 Å². The molecule has 0 aliphatic heterocycles. The van der Waals surface area contributed by atoms with E-state index in [1.165, 1.54) is 12.1 Å². The number of alkyl halides is 3. The van der Waals surface area contributed by atoms with Gasteiger partial charge in [-0.25, -0.2) is 0 Å². The Balaban J connectivity index is 2.05. The van der Waals surface area contributed by atoms with Crippen LogP contribution in [0.15, 0.2) is 24.3 Å². The molecule has 128 valence electrons. The van der Waals surface area contributed by atoms with E-state index in [-0.39, 0.29) is 23.5 Å². The van der Waals surface area contributed by atoms with Crippen LogP contribution >= 0.6 is 0 Å². The van der Waals surface area contributed by atoms with Gasteiger partial charge in [0.15, 0.2) is 0 Å². The molecule has 0 saturated heterocycles. The minimum atomic E-state index is -4.75. The molecule has 0 unspecified atom stereocenters. The highest BCUT2D eigenvalue weighted by Gasteiger charge is 2.47. The zero-order valence-corrected chi connectivity index (χ0v) is 13.2. The van der Waals surface area contributed by atoms with Gasteiger partial charge in [0, 0.05) is 13.0 Å². The lowest BCUT2D eigenvalue weighted by Gasteiger charge is -2.25. The monoisotopic (exact) mass is 331 g/mol. The molecule has 1 saturated carbocycles. The average Bonchev–Trinajstić information content (AvgIpc) is 3.17. The van der Waals surface area contributed by atoms with Crippen molar-refractivity contribution in [1.29, 1.82) is 0 Å². The number of methoxy groups -OCH3 is 1. The van der Waals surface area contributed by atoms with Crippen LogP contribution in [0.4, 0.5) is 13.2 Å². The van der Waals surface area contributed by atoms with Gasteiger partial charge in [0.05, 0.1) is 12.1 Å². The molecule has 1 fully saturated rings. The number of rotatable bonds is 6. The largest absolute Gasteiger partial charge is 0.573 e. The summed E-state index contributed by atoms with van der Waals surface area (Å²) in [5.74, 6) is -1.02. The van der Waals surface area contributed by atoms with Gasteiger partial charge in [-0.2, -0.15) is 0 Å². The van der Waals surface area contributed by atoms with Gasteiger partial charge >= 0.3 is 6.36 Å². The standard InChI is InChI=1S/C16H20F3NO3/c1-15(2,9-22-3)20-14(21)12-8-11(12)10-6-4-5-7-13(10)23-16(17,18)19/h4-7,11-12H,8-9H2,1-3H3,(H,20,21)/t11-,12-/m0/s1. The number of nitrogens with one attached hydrogen (secondary N) is 1. The Kier molecular flexibility index (Phi) is 4.89. The summed E-state index contributed by atoms with van der Waals surface area (Å²) in [7, 11) is 1.54. The van der Waals surface area contributed by atoms with E-state index in [1.54, 1.807) is 19.2 Å². The third-order valence-electron chi connectivity index (χ3n) is 3.64. The highest BCUT2D eigenvalue weighted by molar-refractivity contribution is 5.83. The van der Waals surface area contributed by atoms with Crippen molar-refractivity contribution in [1.82, 2.24) is 5.32 Å². The Hall–Kier alpha value is -1.76. The average molecular weight is 331 g/mol. The summed E-state index contributed by atoms with van der Waals surface area (Å²) in [5.41, 5.74) is -0.115. The highest BCUT2D eigenvalue weighted by atomic mass is 19.4. The number of benzene rings is 1. The van der Waals surface area contributed by atoms with Crippen LogP contribution in [-0.4, -0.2) is 31.5 Å². The van der Waals surface area contributed by atoms with Gasteiger partial charge < -0.3 is 14.8 Å². The topological polar surface area (TPSA) is 47.6 Å². The Morgan fingerprint density at radius 1 is 1.30 bits per heavy atom. The van der Waals surface area contributed by atoms with Crippen LogP contribution in [0.1, 0.15) is 31.7 Å². The van der Waals surface area contributed by atoms with Crippen molar-refractivity contribution >= 4 is 5.91 Å². The van der Waals surface area contributed by atoms with E-state index in [4.69, 9.17) is 4.74 Å². The van der Waals surface area contributed by atoms with Crippen LogP contribution in [0, 0.1) is 5.92 Å². The van der Waals surface area contributed by atoms with Crippen LogP contribution in [0.25, 0.3) is 0 Å². The van der Waals surface area contributed by atoms with Crippen molar-refractivity contribution in [2.45, 2.75) is 38.1 Å². The first kappa shape index (κ1) is 17.6. The molecule has 7 heteroatoms. The van der Waals surface area contributed by atoms with E-state index >= 15 is 0 Å². The summed E-state index contributed by atoms with van der Waals surface area (Å²) >= 11 is 0. The first-order valence-electron chi connectivity index (χ1n) is 7.28. The summed E-state index contributed by atoms with van der Waals surface area (Å²) in [6.45, 7) is 4.00. The Bertz CT molecular complexity index is 572. The predicted molar refractivity (Wildman–Crippen MR) is 78.1 cm³/mol. The minimum Gasteiger partial charge on any atom is -0.405 e. The molecule has 1 N–H and O–H groups in total. The lowest BCUT2D eigenvalue weighted by Crippen LogP contribution is -2.47. The maximum absolute atomic E-state index is 12.5. The molecule has 2 atom stereocenters. The molecular weight excluding hydrogens is 311 g/mol. The number of carbonyl (C=O) groups excluding carboxylic acids is 1. The molecule has 1 aliphatic carbocycles. The normalized spacial score (nSPS) is 21.0. The van der Waals surface area contributed by atoms with Gasteiger partial charge in [0.1, 0.15) is 5.75 Å². The Morgan fingerprint density at radius 2 is 1.96 bits per heavy atom. The van der Waals surface area contributed by atoms with Crippen LogP contribution in [0.3, 0.4) is 0 Å². The van der Waals surface area contributed by atoms with Crippen LogP contribution in [0.5, 0.6) is 5.75 Å². The van der Waals surface area contributed by atoms with E-state index in [9.17, 15) is 18.0 Å². The number of carbonyl (C=O) groups is 1. The summed E-state index contributed by atoms with van der Waals surface area (Å²) in [6, 6.07) is 5.95. The van der Waals surface area contributed by atoms with E-state index < -0.39 is 11.9 Å². The second kappa shape index (κ2) is 6.39. The number of hydrogen-bond donors (Lipinski definition) is 1. The molecule has 0 spiro atoms. The predicted octanol–water partition coefficient (Wildman–Crippen LogP) is 3.23. The van der Waals surface area contributed by atoms with Crippen molar-refractivity contribution in [3.63, 3.8) is 0 Å². The molecule has 0 radical (unpaired) electrons. The number of ether oxygens (including phenoxy) is 2. The number of hydrogen-bond acceptors (Lipinski definition) is 3. The molecule has 1 aromatic rings. The van der Waals surface area contributed by atoms with Crippen molar-refractivity contribution in [3.8, 4) is 5.75 Å². The maximum atomic E-state index is 12.5. The van der Waals surface area contributed by atoms with Crippen molar-refractivity contribution in [2.24, 2.45) is 5.92 Å². The van der Waals surface area contributed by atoms with E-state index in [1.807, 2.05) is 13.8 Å². The van der Waals surface area contributed by atoms with Gasteiger partial charge in [-0.3, -0.25) is 4.79 Å². The number of amides is 1. The summed E-state index contributed by atoms with van der Waals surface area (Å²) in [5, 5.41) is 2.86. The molecular formula is C16H20F3NO3. The van der Waals surface area contributed by atoms with Crippen LogP contribution in [0.2, 0.25) is 0 Å². The van der Waals surface area contributed by atoms with Gasteiger partial charge in [-0.1, -0.05) is 18.2 Å². The molecule has 0 heterocycles. The van der Waals surface area contributed by atoms with E-state index in [0.29, 0.717) is 18.6 Å². The molecule has 1 aliphatic rings. The fourth-order valence-corrected chi connectivity index (χ4v) is 2.66. The van der Waals surface area contributed by atoms with Crippen molar-refractivity contribution in [2.75, 3.05) is 13.7 Å². The second-order valence-corrected chi connectivity index (χ2v) is 6.34. The molecule has 23 heavy (non-hydrogen) atoms. The zero-order valence-electron chi connectivity index (χ0n) is 13.2. The molecule has 1 aromatic carbocycles. The molecule has 4 nitrogen and oxygen atoms in total. The first-order valence-corrected chi connectivity index (χ1v) is 7.28. The molecule has 0 aromatic heterocycles. The lowest BCUT2D eigenvalue weighted by molar-refractivity contribution is -0.274. The number of halogens is 3. The second-order valence-electron chi connectivity index (χ2n) is 6.34. The quantitative estimate of drug-likeness (QED) is 0.871. The van der Waals surface area contributed by atoms with Gasteiger partial charge in [-0.05, 0) is 37.8 Å². The fourth-order valence-electron chi connectivity index (χ4n) is 2.66. The summed E-state index contributed by atoms with van der Waals surface area (Å²) in [6.07, 6.45) is -4.24. The zero-order chi connectivity index (χ0) is 17.3. The van der Waals surface area contributed by atoms with Crippen LogP contribution in [-0.2, 0) is 9.53 Å². The fraction of sp³-hybridized carbons (Fsp3) is 0.562. The van der Waals surface area contributed by atoms with Gasteiger partial charge in [0.2, 0.25) is 5.91 Å². The molecule has 1 amide bonds. The Morgan fingerprint density at radius 3 is 2.57 bits per heavy atom. The van der Waals surface area contributed by atoms with Crippen molar-refractivity contribution < 1.29 is 27.4 Å². The first-order chi connectivity index (χ1) is 10.6. The molecule has 2 rings (SSSR count).